The lowest BCUT2D eigenvalue weighted by molar-refractivity contribution is -0.0183. The highest BCUT2D eigenvalue weighted by atomic mass is 35.5. The van der Waals surface area contributed by atoms with Crippen molar-refractivity contribution < 1.29 is 31.4 Å². The van der Waals surface area contributed by atoms with Gasteiger partial charge in [-0.1, -0.05) is 17.7 Å². The van der Waals surface area contributed by atoms with Crippen molar-refractivity contribution in [1.29, 1.82) is 5.26 Å². The molecule has 2 aromatic carbocycles. The zero-order valence-electron chi connectivity index (χ0n) is 23.5. The predicted octanol–water partition coefficient (Wildman–Crippen LogP) is 6.46. The fourth-order valence-corrected chi connectivity index (χ4v) is 8.77. The molecule has 0 bridgehead atoms. The lowest BCUT2D eigenvalue weighted by Crippen LogP contribution is -2.44. The molecule has 3 fully saturated rings. The molecule has 3 atom stereocenters. The van der Waals surface area contributed by atoms with Crippen molar-refractivity contribution in [3.63, 3.8) is 0 Å². The first-order chi connectivity index (χ1) is 21.5. The van der Waals surface area contributed by atoms with Crippen molar-refractivity contribution in [2.45, 2.75) is 49.4 Å². The van der Waals surface area contributed by atoms with E-state index in [9.17, 15) is 14.0 Å². The fourth-order valence-electron chi connectivity index (χ4n) is 7.48. The Hall–Kier alpha value is -3.67. The molecule has 4 aliphatic heterocycles. The molecule has 6 heterocycles. The van der Waals surface area contributed by atoms with Gasteiger partial charge in [-0.3, -0.25) is 4.90 Å². The smallest absolute Gasteiger partial charge is 0.319 e. The lowest BCUT2D eigenvalue weighted by atomic mass is 9.95. The Kier molecular flexibility index (Phi) is 6.34. The van der Waals surface area contributed by atoms with Gasteiger partial charge < -0.3 is 20.1 Å². The maximum absolute atomic E-state index is 16.9. The van der Waals surface area contributed by atoms with E-state index in [1.807, 2.05) is 11.0 Å². The Labute approximate surface area is 262 Å². The van der Waals surface area contributed by atoms with Crippen LogP contribution in [-0.4, -0.2) is 71.4 Å². The third-order valence-electron chi connectivity index (χ3n) is 9.58. The number of thiophene rings is 1. The number of nitrogen functional groups attached to an aromatic ring is 1. The first-order valence-corrected chi connectivity index (χ1v) is 15.7. The number of hydrogen-bond donors (Lipinski definition) is 1. The number of nitrogens with two attached hydrogens (primary N) is 1. The minimum atomic E-state index is -3.14. The van der Waals surface area contributed by atoms with E-state index in [0.717, 1.165) is 30.4 Å². The Bertz CT molecular complexity index is 1970. The molecule has 0 amide bonds. The van der Waals surface area contributed by atoms with Crippen LogP contribution in [0.25, 0.3) is 32.1 Å². The number of nitriles is 1. The van der Waals surface area contributed by atoms with E-state index in [4.69, 9.17) is 26.8 Å². The van der Waals surface area contributed by atoms with Crippen LogP contribution < -0.4 is 20.1 Å². The summed E-state index contributed by atoms with van der Waals surface area (Å²) in [6.45, 7) is 0.468. The van der Waals surface area contributed by atoms with Crippen LogP contribution in [0.1, 0.15) is 31.2 Å². The standard InChI is InChI=1S/C30H24ClF5N6O2S/c31-21-19(14-2-3-16(33)25-18(14)15(9-37)26(38)45-25)22(34)23-20-24(21)43-11-17-30(35,36)5-7-42(17)27(20)40-28(39-23)44-12-29-4-1-6-41(29)10-13(32)8-29/h2-3,13,17H,1,4-8,10-12,38H2/t13-,17?,29+/m1/s1. The quantitative estimate of drug-likeness (QED) is 0.249. The van der Waals surface area contributed by atoms with Gasteiger partial charge in [0.05, 0.1) is 26.2 Å². The van der Waals surface area contributed by atoms with E-state index in [1.165, 1.54) is 11.0 Å². The maximum Gasteiger partial charge on any atom is 0.319 e. The second-order valence-corrected chi connectivity index (χ2v) is 13.5. The van der Waals surface area contributed by atoms with Crippen molar-refractivity contribution >= 4 is 54.7 Å². The first-order valence-electron chi connectivity index (χ1n) is 14.5. The molecule has 0 saturated carbocycles. The molecule has 2 aromatic heterocycles. The van der Waals surface area contributed by atoms with Gasteiger partial charge in [0.25, 0.3) is 5.92 Å². The number of rotatable bonds is 4. The largest absolute Gasteiger partial charge is 0.489 e. The average molecular weight is 663 g/mol. The molecule has 234 valence electrons. The molecule has 3 saturated heterocycles. The zero-order chi connectivity index (χ0) is 31.4. The molecule has 8 rings (SSSR count). The van der Waals surface area contributed by atoms with Gasteiger partial charge in [0.2, 0.25) is 0 Å². The van der Waals surface area contributed by atoms with Gasteiger partial charge in [-0.2, -0.15) is 15.2 Å². The second kappa shape index (κ2) is 9.91. The fraction of sp³-hybridized carbons (Fsp3) is 0.433. The highest BCUT2D eigenvalue weighted by Crippen LogP contribution is 2.53. The number of halogens is 6. The number of alkyl halides is 3. The summed E-state index contributed by atoms with van der Waals surface area (Å²) in [5.74, 6) is -4.91. The monoisotopic (exact) mass is 662 g/mol. The van der Waals surface area contributed by atoms with Gasteiger partial charge in [0.15, 0.2) is 11.6 Å². The van der Waals surface area contributed by atoms with Crippen molar-refractivity contribution in [3.05, 3.63) is 34.4 Å². The van der Waals surface area contributed by atoms with Crippen LogP contribution in [0.4, 0.5) is 32.8 Å². The summed E-state index contributed by atoms with van der Waals surface area (Å²) in [7, 11) is 0. The highest BCUT2D eigenvalue weighted by molar-refractivity contribution is 7.23. The molecule has 1 unspecified atom stereocenters. The lowest BCUT2D eigenvalue weighted by Gasteiger charge is -2.31. The second-order valence-electron chi connectivity index (χ2n) is 12.0. The van der Waals surface area contributed by atoms with E-state index in [2.05, 4.69) is 9.97 Å². The molecular formula is C30H24ClF5N6O2S. The van der Waals surface area contributed by atoms with E-state index in [-0.39, 0.29) is 84.9 Å². The van der Waals surface area contributed by atoms with Crippen molar-refractivity contribution in [3.8, 4) is 29.0 Å². The van der Waals surface area contributed by atoms with Crippen molar-refractivity contribution in [2.24, 2.45) is 0 Å². The summed E-state index contributed by atoms with van der Waals surface area (Å²) in [6, 6.07) is 2.64. The number of aromatic nitrogens is 2. The number of ether oxygens (including phenoxy) is 2. The third-order valence-corrected chi connectivity index (χ3v) is 11.0. The van der Waals surface area contributed by atoms with Crippen LogP contribution >= 0.6 is 22.9 Å². The van der Waals surface area contributed by atoms with Crippen LogP contribution in [0.15, 0.2) is 12.1 Å². The topological polar surface area (TPSA) is 101 Å². The van der Waals surface area contributed by atoms with E-state index >= 15 is 13.2 Å². The van der Waals surface area contributed by atoms with E-state index < -0.39 is 48.3 Å². The molecule has 2 N–H and O–H groups in total. The SMILES string of the molecule is N#Cc1c(N)sc2c(F)ccc(-c3c(Cl)c4c5c(nc(OC[C@@]67CCCN6C[C@H](F)C7)nc5c3F)N3CCC(F)(F)C3CO4)c12. The van der Waals surface area contributed by atoms with Gasteiger partial charge in [0.1, 0.15) is 53.6 Å². The summed E-state index contributed by atoms with van der Waals surface area (Å²) < 4.78 is 88.4. The number of fused-ring (bicyclic) bond motifs is 4. The molecule has 0 aliphatic carbocycles. The summed E-state index contributed by atoms with van der Waals surface area (Å²) in [5, 5.41) is 9.64. The van der Waals surface area contributed by atoms with Gasteiger partial charge in [-0.25, -0.2) is 22.0 Å². The molecule has 4 aliphatic rings. The van der Waals surface area contributed by atoms with Crippen LogP contribution in [-0.2, 0) is 0 Å². The van der Waals surface area contributed by atoms with E-state index in [1.54, 1.807) is 0 Å². The Morgan fingerprint density at radius 2 is 2.02 bits per heavy atom. The van der Waals surface area contributed by atoms with Gasteiger partial charge in [-0.05, 0) is 31.0 Å². The molecule has 4 aromatic rings. The molecule has 0 spiro atoms. The van der Waals surface area contributed by atoms with Crippen LogP contribution in [0.3, 0.4) is 0 Å². The Morgan fingerprint density at radius 1 is 1.20 bits per heavy atom. The highest BCUT2D eigenvalue weighted by Gasteiger charge is 2.53. The molecule has 8 nitrogen and oxygen atoms in total. The van der Waals surface area contributed by atoms with Crippen LogP contribution in [0.5, 0.6) is 11.8 Å². The normalized spacial score (nSPS) is 25.3. The summed E-state index contributed by atoms with van der Waals surface area (Å²) in [5.41, 5.74) is 4.87. The molecule has 45 heavy (non-hydrogen) atoms. The molecule has 0 radical (unpaired) electrons. The predicted molar refractivity (Wildman–Crippen MR) is 159 cm³/mol. The van der Waals surface area contributed by atoms with Gasteiger partial charge in [-0.15, -0.1) is 11.3 Å². The van der Waals surface area contributed by atoms with Crippen LogP contribution in [0.2, 0.25) is 5.02 Å². The van der Waals surface area contributed by atoms with Gasteiger partial charge in [0, 0.05) is 36.9 Å². The van der Waals surface area contributed by atoms with E-state index in [0.29, 0.717) is 13.0 Å². The number of nitrogens with zero attached hydrogens (tertiary/aromatic N) is 5. The summed E-state index contributed by atoms with van der Waals surface area (Å²) in [4.78, 5) is 12.3. The maximum atomic E-state index is 16.9. The minimum absolute atomic E-state index is 0.0113. The van der Waals surface area contributed by atoms with Gasteiger partial charge >= 0.3 is 6.01 Å². The number of benzene rings is 2. The Balaban J connectivity index is 1.35. The van der Waals surface area contributed by atoms with Crippen LogP contribution in [0, 0.1) is 23.0 Å². The van der Waals surface area contributed by atoms with Crippen molar-refractivity contribution in [1.82, 2.24) is 14.9 Å². The zero-order valence-corrected chi connectivity index (χ0v) is 25.1. The molecular weight excluding hydrogens is 639 g/mol. The first kappa shape index (κ1) is 28.8. The summed E-state index contributed by atoms with van der Waals surface area (Å²) >= 11 is 7.67. The molecule has 15 heteroatoms. The Morgan fingerprint density at radius 3 is 2.82 bits per heavy atom. The minimum Gasteiger partial charge on any atom is -0.489 e. The van der Waals surface area contributed by atoms with Crippen molar-refractivity contribution in [2.75, 3.05) is 43.5 Å². The average Bonchev–Trinajstić information content (AvgIpc) is 3.68. The summed E-state index contributed by atoms with van der Waals surface area (Å²) in [6.07, 6.45) is 0.359. The number of anilines is 2. The number of hydrogen-bond acceptors (Lipinski definition) is 9. The third kappa shape index (κ3) is 4.09.